The SMILES string of the molecule is CS(=O)(=O)N(CC(=O)NCc1ccc(N2CCCCC2)cc1)c1cccc([N+](=O)[O-])c1. The number of nitrogens with one attached hydrogen (secondary N) is 1. The fraction of sp³-hybridized carbons (Fsp3) is 0.381. The van der Waals surface area contributed by atoms with Gasteiger partial charge >= 0.3 is 0 Å². The molecule has 31 heavy (non-hydrogen) atoms. The van der Waals surface area contributed by atoms with E-state index in [4.69, 9.17) is 0 Å². The molecule has 0 aliphatic carbocycles. The topological polar surface area (TPSA) is 113 Å². The standard InChI is InChI=1S/C21H26N4O5S/c1-31(29,30)24(19-6-5-7-20(14-19)25(27)28)16-21(26)22-15-17-8-10-18(11-9-17)23-12-3-2-4-13-23/h5-11,14H,2-4,12-13,15-16H2,1H3,(H,22,26). The van der Waals surface area contributed by atoms with Gasteiger partial charge < -0.3 is 10.2 Å². The largest absolute Gasteiger partial charge is 0.372 e. The van der Waals surface area contributed by atoms with Crippen LogP contribution in [0.2, 0.25) is 0 Å². The molecule has 0 bridgehead atoms. The highest BCUT2D eigenvalue weighted by atomic mass is 32.2. The van der Waals surface area contributed by atoms with Crippen molar-refractivity contribution < 1.29 is 18.1 Å². The molecule has 1 aliphatic heterocycles. The van der Waals surface area contributed by atoms with Gasteiger partial charge in [0.05, 0.1) is 16.9 Å². The highest BCUT2D eigenvalue weighted by Gasteiger charge is 2.22. The van der Waals surface area contributed by atoms with E-state index in [1.54, 1.807) is 0 Å². The molecule has 0 atom stereocenters. The minimum absolute atomic E-state index is 0.0673. The lowest BCUT2D eigenvalue weighted by Crippen LogP contribution is -2.40. The van der Waals surface area contributed by atoms with Crippen molar-refractivity contribution >= 4 is 33.0 Å². The number of sulfonamides is 1. The molecule has 1 heterocycles. The number of hydrogen-bond donors (Lipinski definition) is 1. The molecule has 0 aromatic heterocycles. The van der Waals surface area contributed by atoms with Gasteiger partial charge in [0.2, 0.25) is 15.9 Å². The normalized spacial score (nSPS) is 14.2. The Morgan fingerprint density at radius 1 is 1.13 bits per heavy atom. The maximum Gasteiger partial charge on any atom is 0.271 e. The van der Waals surface area contributed by atoms with Crippen LogP contribution in [-0.2, 0) is 21.4 Å². The second-order valence-electron chi connectivity index (χ2n) is 7.54. The zero-order chi connectivity index (χ0) is 22.4. The number of carbonyl (C=O) groups excluding carboxylic acids is 1. The summed E-state index contributed by atoms with van der Waals surface area (Å²) < 4.78 is 25.2. The monoisotopic (exact) mass is 446 g/mol. The summed E-state index contributed by atoms with van der Waals surface area (Å²) in [6.45, 7) is 1.89. The third-order valence-electron chi connectivity index (χ3n) is 5.16. The molecule has 1 amide bonds. The summed E-state index contributed by atoms with van der Waals surface area (Å²) in [7, 11) is -3.81. The highest BCUT2D eigenvalue weighted by Crippen LogP contribution is 2.23. The predicted molar refractivity (Wildman–Crippen MR) is 120 cm³/mol. The van der Waals surface area contributed by atoms with Gasteiger partial charge in [-0.05, 0) is 43.0 Å². The van der Waals surface area contributed by atoms with E-state index < -0.39 is 27.4 Å². The lowest BCUT2D eigenvalue weighted by atomic mass is 10.1. The molecule has 0 spiro atoms. The van der Waals surface area contributed by atoms with E-state index in [2.05, 4.69) is 10.2 Å². The number of nitro benzene ring substituents is 1. The number of hydrogen-bond acceptors (Lipinski definition) is 6. The zero-order valence-corrected chi connectivity index (χ0v) is 18.2. The fourth-order valence-electron chi connectivity index (χ4n) is 3.53. The van der Waals surface area contributed by atoms with Crippen LogP contribution >= 0.6 is 0 Å². The van der Waals surface area contributed by atoms with E-state index >= 15 is 0 Å². The van der Waals surface area contributed by atoms with Crippen molar-refractivity contribution in [3.05, 3.63) is 64.2 Å². The van der Waals surface area contributed by atoms with Crippen LogP contribution in [0.25, 0.3) is 0 Å². The van der Waals surface area contributed by atoms with Crippen molar-refractivity contribution in [2.75, 3.05) is 35.1 Å². The Hall–Kier alpha value is -3.14. The third kappa shape index (κ3) is 6.17. The summed E-state index contributed by atoms with van der Waals surface area (Å²) in [6, 6.07) is 13.1. The minimum atomic E-state index is -3.81. The predicted octanol–water partition coefficient (Wildman–Crippen LogP) is 2.67. The molecule has 1 saturated heterocycles. The van der Waals surface area contributed by atoms with Crippen LogP contribution in [-0.4, -0.2) is 45.1 Å². The lowest BCUT2D eigenvalue weighted by molar-refractivity contribution is -0.384. The van der Waals surface area contributed by atoms with Crippen LogP contribution in [0.1, 0.15) is 24.8 Å². The summed E-state index contributed by atoms with van der Waals surface area (Å²) >= 11 is 0. The maximum atomic E-state index is 12.4. The second-order valence-corrected chi connectivity index (χ2v) is 9.44. The van der Waals surface area contributed by atoms with Crippen molar-refractivity contribution in [3.8, 4) is 0 Å². The molecule has 0 saturated carbocycles. The Kier molecular flexibility index (Phi) is 7.11. The molecule has 10 heteroatoms. The number of carbonyl (C=O) groups is 1. The van der Waals surface area contributed by atoms with Gasteiger partial charge in [-0.2, -0.15) is 0 Å². The highest BCUT2D eigenvalue weighted by molar-refractivity contribution is 7.92. The average molecular weight is 447 g/mol. The Morgan fingerprint density at radius 3 is 2.42 bits per heavy atom. The molecule has 9 nitrogen and oxygen atoms in total. The molecule has 1 fully saturated rings. The van der Waals surface area contributed by atoms with E-state index in [-0.39, 0.29) is 17.9 Å². The number of piperidine rings is 1. The van der Waals surface area contributed by atoms with E-state index in [0.29, 0.717) is 0 Å². The Balaban J connectivity index is 1.62. The summed E-state index contributed by atoms with van der Waals surface area (Å²) in [5.41, 5.74) is 1.87. The molecule has 1 aliphatic rings. The number of non-ortho nitro benzene ring substituents is 1. The number of amides is 1. The molecule has 2 aromatic carbocycles. The van der Waals surface area contributed by atoms with Gasteiger partial charge in [0.25, 0.3) is 5.69 Å². The van der Waals surface area contributed by atoms with Gasteiger partial charge in [-0.1, -0.05) is 18.2 Å². The van der Waals surface area contributed by atoms with Crippen LogP contribution in [0, 0.1) is 10.1 Å². The molecule has 166 valence electrons. The van der Waals surface area contributed by atoms with E-state index in [0.717, 1.165) is 41.0 Å². The summed E-state index contributed by atoms with van der Waals surface area (Å²) in [5, 5.41) is 13.7. The van der Waals surface area contributed by atoms with Crippen molar-refractivity contribution in [1.82, 2.24) is 5.32 Å². The van der Waals surface area contributed by atoms with Crippen LogP contribution in [0.4, 0.5) is 17.1 Å². The smallest absolute Gasteiger partial charge is 0.271 e. The van der Waals surface area contributed by atoms with Crippen LogP contribution in [0.5, 0.6) is 0 Å². The first-order chi connectivity index (χ1) is 14.7. The van der Waals surface area contributed by atoms with Crippen molar-refractivity contribution in [1.29, 1.82) is 0 Å². The average Bonchev–Trinajstić information content (AvgIpc) is 2.76. The van der Waals surface area contributed by atoms with Gasteiger partial charge in [0.1, 0.15) is 6.54 Å². The molecule has 2 aromatic rings. The summed E-state index contributed by atoms with van der Waals surface area (Å²) in [6.07, 6.45) is 4.61. The van der Waals surface area contributed by atoms with Crippen LogP contribution in [0.3, 0.4) is 0 Å². The van der Waals surface area contributed by atoms with Crippen molar-refractivity contribution in [2.24, 2.45) is 0 Å². The Labute approximate surface area is 181 Å². The van der Waals surface area contributed by atoms with Crippen molar-refractivity contribution in [3.63, 3.8) is 0 Å². The fourth-order valence-corrected chi connectivity index (χ4v) is 4.37. The van der Waals surface area contributed by atoms with Crippen LogP contribution < -0.4 is 14.5 Å². The molecule has 0 unspecified atom stereocenters. The quantitative estimate of drug-likeness (QED) is 0.493. The molecular formula is C21H26N4O5S. The number of rotatable bonds is 8. The zero-order valence-electron chi connectivity index (χ0n) is 17.4. The first-order valence-electron chi connectivity index (χ1n) is 10.1. The Bertz CT molecular complexity index is 1030. The van der Waals surface area contributed by atoms with Gasteiger partial charge in [-0.15, -0.1) is 0 Å². The Morgan fingerprint density at radius 2 is 1.81 bits per heavy atom. The van der Waals surface area contributed by atoms with Gasteiger partial charge in [-0.3, -0.25) is 19.2 Å². The number of benzene rings is 2. The number of nitro groups is 1. The van der Waals surface area contributed by atoms with E-state index in [1.165, 1.54) is 37.5 Å². The second kappa shape index (κ2) is 9.78. The van der Waals surface area contributed by atoms with E-state index in [9.17, 15) is 23.3 Å². The summed E-state index contributed by atoms with van der Waals surface area (Å²) in [4.78, 5) is 25.1. The first-order valence-corrected chi connectivity index (χ1v) is 11.9. The number of anilines is 2. The lowest BCUT2D eigenvalue weighted by Gasteiger charge is -2.28. The summed E-state index contributed by atoms with van der Waals surface area (Å²) in [5.74, 6) is -0.503. The third-order valence-corrected chi connectivity index (χ3v) is 6.30. The molecular weight excluding hydrogens is 420 g/mol. The first kappa shape index (κ1) is 22.5. The van der Waals surface area contributed by atoms with Gasteiger partial charge in [0, 0.05) is 37.5 Å². The maximum absolute atomic E-state index is 12.4. The van der Waals surface area contributed by atoms with Gasteiger partial charge in [0.15, 0.2) is 0 Å². The van der Waals surface area contributed by atoms with Crippen molar-refractivity contribution in [2.45, 2.75) is 25.8 Å². The number of nitrogens with zero attached hydrogens (tertiary/aromatic N) is 3. The minimum Gasteiger partial charge on any atom is -0.372 e. The molecule has 0 radical (unpaired) electrons. The molecule has 3 rings (SSSR count). The van der Waals surface area contributed by atoms with E-state index in [1.807, 2.05) is 24.3 Å². The van der Waals surface area contributed by atoms with Gasteiger partial charge in [-0.25, -0.2) is 8.42 Å². The van der Waals surface area contributed by atoms with Crippen LogP contribution in [0.15, 0.2) is 48.5 Å². The molecule has 1 N–H and O–H groups in total.